The van der Waals surface area contributed by atoms with Gasteiger partial charge >= 0.3 is 12.2 Å². The molecule has 1 aliphatic heterocycles. The number of ether oxygens (including phenoxy) is 3. The zero-order valence-corrected chi connectivity index (χ0v) is 20.7. The van der Waals surface area contributed by atoms with E-state index in [2.05, 4.69) is 19.7 Å². The first-order valence-electron chi connectivity index (χ1n) is 11.7. The molecule has 206 valence electrons. The number of aliphatic hydroxyl groups is 2. The number of benzene rings is 2. The minimum absolute atomic E-state index is 0.0231. The van der Waals surface area contributed by atoms with Crippen molar-refractivity contribution < 1.29 is 42.0 Å². The fraction of sp³-hybridized carbons (Fsp3) is 0.320. The van der Waals surface area contributed by atoms with Crippen LogP contribution in [0.25, 0.3) is 32.9 Å². The molecule has 2 aromatic carbocycles. The molecule has 1 saturated heterocycles. The summed E-state index contributed by atoms with van der Waals surface area (Å²) < 4.78 is 74.9. The van der Waals surface area contributed by atoms with Crippen LogP contribution < -0.4 is 20.1 Å². The summed E-state index contributed by atoms with van der Waals surface area (Å²) in [4.78, 5) is 13.8. The fourth-order valence-electron chi connectivity index (χ4n) is 4.53. The topological polar surface area (TPSA) is 136 Å². The predicted octanol–water partition coefficient (Wildman–Crippen LogP) is 3.43. The van der Waals surface area contributed by atoms with E-state index < -0.39 is 41.5 Å². The molecule has 3 heterocycles. The molecule has 4 N–H and O–H groups in total. The number of halogens is 4. The first-order valence-corrected chi connectivity index (χ1v) is 11.7. The highest BCUT2D eigenvalue weighted by molar-refractivity contribution is 6.04. The molecule has 0 saturated carbocycles. The second kappa shape index (κ2) is 9.94. The van der Waals surface area contributed by atoms with Gasteiger partial charge in [-0.3, -0.25) is 4.98 Å². The number of nitrogens with two attached hydrogens (primary N) is 1. The van der Waals surface area contributed by atoms with Gasteiger partial charge in [0.25, 0.3) is 0 Å². The number of hydrogen-bond donors (Lipinski definition) is 3. The Kier molecular flexibility index (Phi) is 6.78. The number of rotatable bonds is 5. The van der Waals surface area contributed by atoms with Crippen molar-refractivity contribution in [2.24, 2.45) is 5.92 Å². The van der Waals surface area contributed by atoms with Crippen LogP contribution in [0.2, 0.25) is 0 Å². The van der Waals surface area contributed by atoms with Gasteiger partial charge in [0, 0.05) is 35.3 Å². The Balaban J connectivity index is 1.78. The molecule has 0 radical (unpaired) electrons. The summed E-state index contributed by atoms with van der Waals surface area (Å²) in [5.74, 6) is -3.62. The minimum atomic E-state index is -4.24. The van der Waals surface area contributed by atoms with Crippen LogP contribution in [0.4, 0.5) is 29.1 Å². The molecule has 0 bridgehead atoms. The van der Waals surface area contributed by atoms with Gasteiger partial charge in [-0.25, -0.2) is 13.2 Å². The standard InChI is InChI=1S/C25H23F4N5O5/c1-11-10-38-6-5-34(22(11)28)23-15-9-31-19(18(27)20(15)32-24(33-23)37-2)14-8-13(30)7-12-3-4-16(26)21(17(12)14)39-25(29,35)36/h3-4,7-9,11,22,35-36H,5-6,10,30H2,1-2H3. The van der Waals surface area contributed by atoms with Gasteiger partial charge in [0.1, 0.15) is 17.0 Å². The summed E-state index contributed by atoms with van der Waals surface area (Å²) in [6, 6.07) is 4.49. The highest BCUT2D eigenvalue weighted by Crippen LogP contribution is 2.42. The molecule has 2 aromatic heterocycles. The largest absolute Gasteiger partial charge is 0.492 e. The molecular weight excluding hydrogens is 526 g/mol. The minimum Gasteiger partial charge on any atom is -0.467 e. The van der Waals surface area contributed by atoms with Gasteiger partial charge < -0.3 is 35.1 Å². The number of fused-ring (bicyclic) bond motifs is 2. The maximum absolute atomic E-state index is 16.2. The molecule has 5 rings (SSSR count). The van der Waals surface area contributed by atoms with Crippen LogP contribution in [0.1, 0.15) is 6.92 Å². The van der Waals surface area contributed by atoms with Crippen molar-refractivity contribution in [3.63, 3.8) is 0 Å². The molecule has 1 aliphatic rings. The molecule has 14 heteroatoms. The summed E-state index contributed by atoms with van der Waals surface area (Å²) in [6.07, 6.45) is -4.55. The van der Waals surface area contributed by atoms with Crippen molar-refractivity contribution in [1.29, 1.82) is 0 Å². The Hall–Kier alpha value is -4.01. The molecule has 39 heavy (non-hydrogen) atoms. The third-order valence-corrected chi connectivity index (χ3v) is 6.25. The van der Waals surface area contributed by atoms with Crippen molar-refractivity contribution >= 4 is 33.2 Å². The summed E-state index contributed by atoms with van der Waals surface area (Å²) >= 11 is 0. The number of alkyl halides is 2. The molecule has 0 aliphatic carbocycles. The van der Waals surface area contributed by atoms with Crippen molar-refractivity contribution in [1.82, 2.24) is 15.0 Å². The number of nitrogens with zero attached hydrogens (tertiary/aromatic N) is 4. The maximum Gasteiger partial charge on any atom is 0.492 e. The lowest BCUT2D eigenvalue weighted by molar-refractivity contribution is -0.375. The molecular formula is C25H23F4N5O5. The molecule has 0 amide bonds. The number of hydrogen-bond acceptors (Lipinski definition) is 10. The number of aromatic nitrogens is 3. The highest BCUT2D eigenvalue weighted by atomic mass is 19.2. The number of methoxy groups -OCH3 is 1. The van der Waals surface area contributed by atoms with Crippen molar-refractivity contribution in [3.05, 3.63) is 42.1 Å². The van der Waals surface area contributed by atoms with E-state index in [9.17, 15) is 8.78 Å². The smallest absolute Gasteiger partial charge is 0.467 e. The Labute approximate surface area is 218 Å². The highest BCUT2D eigenvalue weighted by Gasteiger charge is 2.32. The first kappa shape index (κ1) is 26.6. The quantitative estimate of drug-likeness (QED) is 0.147. The summed E-state index contributed by atoms with van der Waals surface area (Å²) in [6.45, 7) is 2.15. The van der Waals surface area contributed by atoms with Gasteiger partial charge in [0.05, 0.1) is 25.7 Å². The van der Waals surface area contributed by atoms with Crippen LogP contribution >= 0.6 is 0 Å². The molecule has 1 fully saturated rings. The lowest BCUT2D eigenvalue weighted by atomic mass is 9.98. The zero-order valence-electron chi connectivity index (χ0n) is 20.7. The van der Waals surface area contributed by atoms with E-state index in [0.29, 0.717) is 0 Å². The molecule has 4 aromatic rings. The van der Waals surface area contributed by atoms with E-state index in [1.54, 1.807) is 6.92 Å². The van der Waals surface area contributed by atoms with E-state index in [4.69, 9.17) is 25.4 Å². The fourth-order valence-corrected chi connectivity index (χ4v) is 4.53. The van der Waals surface area contributed by atoms with Crippen molar-refractivity contribution in [3.8, 4) is 23.0 Å². The SMILES string of the molecule is COc1nc(N2CCOCC(C)C2F)c2cnc(-c3cc(N)cc4ccc(F)c(OC(O)(O)F)c34)c(F)c2n1. The van der Waals surface area contributed by atoms with Gasteiger partial charge in [-0.05, 0) is 23.6 Å². The van der Waals surface area contributed by atoms with Crippen LogP contribution in [0.5, 0.6) is 11.8 Å². The molecule has 2 unspecified atom stereocenters. The molecule has 0 spiro atoms. The normalized spacial score (nSPS) is 18.4. The van der Waals surface area contributed by atoms with Crippen molar-refractivity contribution in [2.75, 3.05) is 37.5 Å². The Morgan fingerprint density at radius 2 is 1.97 bits per heavy atom. The van der Waals surface area contributed by atoms with Crippen LogP contribution in [0.15, 0.2) is 30.5 Å². The number of pyridine rings is 1. The Morgan fingerprint density at radius 1 is 1.21 bits per heavy atom. The van der Waals surface area contributed by atoms with E-state index >= 15 is 8.78 Å². The van der Waals surface area contributed by atoms with Gasteiger partial charge in [-0.1, -0.05) is 13.0 Å². The second-order valence-corrected chi connectivity index (χ2v) is 9.01. The molecule has 2 atom stereocenters. The first-order chi connectivity index (χ1) is 18.5. The average molecular weight is 549 g/mol. The monoisotopic (exact) mass is 549 g/mol. The van der Waals surface area contributed by atoms with E-state index in [-0.39, 0.29) is 64.5 Å². The molecule has 10 nitrogen and oxygen atoms in total. The third kappa shape index (κ3) is 4.93. The van der Waals surface area contributed by atoms with E-state index in [1.165, 1.54) is 36.4 Å². The van der Waals surface area contributed by atoms with Gasteiger partial charge in [-0.15, -0.1) is 4.39 Å². The summed E-state index contributed by atoms with van der Waals surface area (Å²) in [5.41, 5.74) is 5.22. The summed E-state index contributed by atoms with van der Waals surface area (Å²) in [5, 5.41) is 18.3. The Morgan fingerprint density at radius 3 is 2.69 bits per heavy atom. The van der Waals surface area contributed by atoms with Crippen LogP contribution in [0.3, 0.4) is 0 Å². The predicted molar refractivity (Wildman–Crippen MR) is 132 cm³/mol. The number of anilines is 2. The van der Waals surface area contributed by atoms with Gasteiger partial charge in [0.2, 0.25) is 0 Å². The summed E-state index contributed by atoms with van der Waals surface area (Å²) in [7, 11) is 1.26. The van der Waals surface area contributed by atoms with E-state index in [1.807, 2.05) is 0 Å². The van der Waals surface area contributed by atoms with Gasteiger partial charge in [-0.2, -0.15) is 9.97 Å². The second-order valence-electron chi connectivity index (χ2n) is 9.01. The number of nitrogen functional groups attached to an aromatic ring is 1. The third-order valence-electron chi connectivity index (χ3n) is 6.25. The maximum atomic E-state index is 16.2. The van der Waals surface area contributed by atoms with Gasteiger partial charge in [0.15, 0.2) is 23.7 Å². The van der Waals surface area contributed by atoms with Crippen LogP contribution in [-0.2, 0) is 4.74 Å². The zero-order chi connectivity index (χ0) is 28.1. The average Bonchev–Trinajstić information content (AvgIpc) is 3.05. The van der Waals surface area contributed by atoms with E-state index in [0.717, 1.165) is 6.07 Å². The lowest BCUT2D eigenvalue weighted by Crippen LogP contribution is -2.37. The Bertz CT molecular complexity index is 1570. The van der Waals surface area contributed by atoms with Crippen LogP contribution in [-0.4, -0.2) is 64.6 Å². The van der Waals surface area contributed by atoms with Crippen LogP contribution in [0, 0.1) is 17.6 Å². The lowest BCUT2D eigenvalue weighted by Gasteiger charge is -2.28. The van der Waals surface area contributed by atoms with Crippen molar-refractivity contribution in [2.45, 2.75) is 19.4 Å².